The van der Waals surface area contributed by atoms with Gasteiger partial charge in [-0.3, -0.25) is 4.79 Å². The fourth-order valence-corrected chi connectivity index (χ4v) is 2.59. The minimum atomic E-state index is -0.791. The van der Waals surface area contributed by atoms with E-state index >= 15 is 0 Å². The zero-order valence-electron chi connectivity index (χ0n) is 11.4. The minimum Gasteiger partial charge on any atom is -0.492 e. The highest BCUT2D eigenvalue weighted by atomic mass is 35.5. The summed E-state index contributed by atoms with van der Waals surface area (Å²) in [5.74, 6) is 0.604. The predicted octanol–water partition coefficient (Wildman–Crippen LogP) is 2.53. The van der Waals surface area contributed by atoms with Gasteiger partial charge in [0.25, 0.3) is 0 Å². The van der Waals surface area contributed by atoms with E-state index in [9.17, 15) is 9.90 Å². The maximum absolute atomic E-state index is 11.7. The average molecular weight is 298 g/mol. The van der Waals surface area contributed by atoms with Crippen LogP contribution in [0.2, 0.25) is 5.02 Å². The first-order valence-corrected chi connectivity index (χ1v) is 7.33. The Hall–Kier alpha value is -1.26. The largest absolute Gasteiger partial charge is 0.492 e. The normalized spacial score (nSPS) is 16.9. The summed E-state index contributed by atoms with van der Waals surface area (Å²) in [5, 5.41) is 13.5. The third-order valence-electron chi connectivity index (χ3n) is 3.53. The number of ether oxygens (including phenoxy) is 1. The Morgan fingerprint density at radius 1 is 1.30 bits per heavy atom. The van der Waals surface area contributed by atoms with Crippen LogP contribution in [0, 0.1) is 0 Å². The van der Waals surface area contributed by atoms with Crippen molar-refractivity contribution in [3.8, 4) is 5.75 Å². The molecule has 1 aliphatic rings. The lowest BCUT2D eigenvalue weighted by Gasteiger charge is -2.21. The van der Waals surface area contributed by atoms with Crippen molar-refractivity contribution < 1.29 is 14.6 Å². The second-order valence-corrected chi connectivity index (χ2v) is 5.70. The summed E-state index contributed by atoms with van der Waals surface area (Å²) in [4.78, 5) is 11.7. The molecule has 0 unspecified atom stereocenters. The molecule has 0 aliphatic heterocycles. The number of halogens is 1. The maximum atomic E-state index is 11.7. The molecule has 0 bridgehead atoms. The van der Waals surface area contributed by atoms with Crippen molar-refractivity contribution in [3.63, 3.8) is 0 Å². The van der Waals surface area contributed by atoms with Crippen LogP contribution in [-0.2, 0) is 4.79 Å². The molecule has 110 valence electrons. The van der Waals surface area contributed by atoms with Gasteiger partial charge >= 0.3 is 0 Å². The Labute approximate surface area is 124 Å². The molecule has 0 saturated heterocycles. The molecular weight excluding hydrogens is 278 g/mol. The molecule has 0 atom stereocenters. The summed E-state index contributed by atoms with van der Waals surface area (Å²) in [6, 6.07) is 7.08. The van der Waals surface area contributed by atoms with Gasteiger partial charge < -0.3 is 15.2 Å². The van der Waals surface area contributed by atoms with Crippen LogP contribution in [0.5, 0.6) is 5.75 Å². The van der Waals surface area contributed by atoms with Gasteiger partial charge in [0.15, 0.2) is 0 Å². The predicted molar refractivity (Wildman–Crippen MR) is 78.0 cm³/mol. The number of carbonyl (C=O) groups is 1. The number of aliphatic hydroxyl groups is 1. The number of rotatable bonds is 6. The molecule has 1 amide bonds. The fraction of sp³-hybridized carbons (Fsp3) is 0.533. The average Bonchev–Trinajstić information content (AvgIpc) is 2.83. The van der Waals surface area contributed by atoms with E-state index in [-0.39, 0.29) is 12.3 Å². The van der Waals surface area contributed by atoms with Crippen LogP contribution in [0.15, 0.2) is 24.3 Å². The zero-order chi connectivity index (χ0) is 14.4. The van der Waals surface area contributed by atoms with Crippen molar-refractivity contribution in [1.82, 2.24) is 5.32 Å². The summed E-state index contributed by atoms with van der Waals surface area (Å²) in [6.45, 7) is 0.823. The van der Waals surface area contributed by atoms with Crippen LogP contribution < -0.4 is 10.1 Å². The van der Waals surface area contributed by atoms with Gasteiger partial charge in [0.05, 0.1) is 18.6 Å². The van der Waals surface area contributed by atoms with E-state index in [1.54, 1.807) is 24.3 Å². The topological polar surface area (TPSA) is 58.6 Å². The summed E-state index contributed by atoms with van der Waals surface area (Å²) < 4.78 is 5.47. The maximum Gasteiger partial charge on any atom is 0.223 e. The minimum absolute atomic E-state index is 0.117. The zero-order valence-corrected chi connectivity index (χ0v) is 12.2. The summed E-state index contributed by atoms with van der Waals surface area (Å²) in [7, 11) is 0. The van der Waals surface area contributed by atoms with Crippen LogP contribution in [0.1, 0.15) is 32.1 Å². The molecule has 0 aromatic heterocycles. The number of hydrogen-bond donors (Lipinski definition) is 2. The number of hydrogen-bond acceptors (Lipinski definition) is 3. The van der Waals surface area contributed by atoms with E-state index in [1.807, 2.05) is 0 Å². The van der Waals surface area contributed by atoms with Gasteiger partial charge in [-0.1, -0.05) is 24.4 Å². The third kappa shape index (κ3) is 4.69. The molecule has 0 radical (unpaired) electrons. The Kier molecular flexibility index (Phi) is 5.26. The van der Waals surface area contributed by atoms with Crippen molar-refractivity contribution >= 4 is 17.5 Å². The first-order valence-electron chi connectivity index (χ1n) is 6.95. The molecule has 20 heavy (non-hydrogen) atoms. The van der Waals surface area contributed by atoms with Crippen molar-refractivity contribution in [1.29, 1.82) is 0 Å². The number of benzene rings is 1. The van der Waals surface area contributed by atoms with Gasteiger partial charge in [-0.15, -0.1) is 0 Å². The second-order valence-electron chi connectivity index (χ2n) is 5.26. The van der Waals surface area contributed by atoms with Crippen LogP contribution in [0.4, 0.5) is 0 Å². The fourth-order valence-electron chi connectivity index (χ4n) is 2.46. The SMILES string of the molecule is O=C(CC1(O)CCCC1)NCCOc1ccc(Cl)cc1. The molecule has 1 fully saturated rings. The van der Waals surface area contributed by atoms with E-state index in [0.717, 1.165) is 31.4 Å². The van der Waals surface area contributed by atoms with Crippen LogP contribution >= 0.6 is 11.6 Å². The van der Waals surface area contributed by atoms with Gasteiger partial charge in [0.2, 0.25) is 5.91 Å². The van der Waals surface area contributed by atoms with E-state index in [4.69, 9.17) is 16.3 Å². The first kappa shape index (κ1) is 15.1. The smallest absolute Gasteiger partial charge is 0.223 e. The third-order valence-corrected chi connectivity index (χ3v) is 3.78. The van der Waals surface area contributed by atoms with Crippen molar-refractivity contribution in [2.45, 2.75) is 37.7 Å². The van der Waals surface area contributed by atoms with Crippen LogP contribution in [0.3, 0.4) is 0 Å². The van der Waals surface area contributed by atoms with Crippen LogP contribution in [-0.4, -0.2) is 29.8 Å². The molecule has 2 N–H and O–H groups in total. The van der Waals surface area contributed by atoms with Crippen molar-refractivity contribution in [3.05, 3.63) is 29.3 Å². The van der Waals surface area contributed by atoms with E-state index in [0.29, 0.717) is 18.2 Å². The lowest BCUT2D eigenvalue weighted by atomic mass is 9.98. The highest BCUT2D eigenvalue weighted by Crippen LogP contribution is 2.32. The monoisotopic (exact) mass is 297 g/mol. The highest BCUT2D eigenvalue weighted by molar-refractivity contribution is 6.30. The van der Waals surface area contributed by atoms with E-state index in [1.165, 1.54) is 0 Å². The molecule has 0 heterocycles. The second kappa shape index (κ2) is 6.95. The van der Waals surface area contributed by atoms with E-state index < -0.39 is 5.60 Å². The molecule has 4 nitrogen and oxygen atoms in total. The van der Waals surface area contributed by atoms with Gasteiger partial charge in [0.1, 0.15) is 12.4 Å². The first-order chi connectivity index (χ1) is 9.57. The van der Waals surface area contributed by atoms with Gasteiger partial charge in [0, 0.05) is 5.02 Å². The molecule has 1 aliphatic carbocycles. The summed E-state index contributed by atoms with van der Waals surface area (Å²) in [6.07, 6.45) is 3.64. The highest BCUT2D eigenvalue weighted by Gasteiger charge is 2.33. The van der Waals surface area contributed by atoms with Gasteiger partial charge in [-0.2, -0.15) is 0 Å². The number of carbonyl (C=O) groups excluding carboxylic acids is 1. The van der Waals surface area contributed by atoms with Gasteiger partial charge in [-0.05, 0) is 37.1 Å². The molecular formula is C15H20ClNO3. The lowest BCUT2D eigenvalue weighted by Crippen LogP contribution is -2.36. The summed E-state index contributed by atoms with van der Waals surface area (Å²) in [5.41, 5.74) is -0.791. The molecule has 1 aromatic carbocycles. The quantitative estimate of drug-likeness (QED) is 0.793. The Morgan fingerprint density at radius 2 is 1.95 bits per heavy atom. The van der Waals surface area contributed by atoms with E-state index in [2.05, 4.69) is 5.32 Å². The Morgan fingerprint density at radius 3 is 2.60 bits per heavy atom. The molecule has 0 spiro atoms. The Bertz CT molecular complexity index is 441. The molecule has 5 heteroatoms. The number of nitrogens with one attached hydrogen (secondary N) is 1. The standard InChI is InChI=1S/C15H20ClNO3/c16-12-3-5-13(6-4-12)20-10-9-17-14(18)11-15(19)7-1-2-8-15/h3-6,19H,1-2,7-11H2,(H,17,18). The lowest BCUT2D eigenvalue weighted by molar-refractivity contribution is -0.126. The van der Waals surface area contributed by atoms with Crippen molar-refractivity contribution in [2.24, 2.45) is 0 Å². The molecule has 1 aromatic rings. The molecule has 1 saturated carbocycles. The van der Waals surface area contributed by atoms with Crippen molar-refractivity contribution in [2.75, 3.05) is 13.2 Å². The van der Waals surface area contributed by atoms with Gasteiger partial charge in [-0.25, -0.2) is 0 Å². The summed E-state index contributed by atoms with van der Waals surface area (Å²) >= 11 is 5.77. The Balaban J connectivity index is 1.63. The van der Waals surface area contributed by atoms with Crippen LogP contribution in [0.25, 0.3) is 0 Å². The molecule has 2 rings (SSSR count). The number of amides is 1.